The minimum Gasteiger partial charge on any atom is -0.377 e. The normalized spacial score (nSPS) is 11.7. The first-order valence-electron chi connectivity index (χ1n) is 4.46. The average molecular weight is 172 g/mol. The zero-order chi connectivity index (χ0) is 9.61. The molecule has 0 saturated carbocycles. The minimum atomic E-state index is 0.210. The fourth-order valence-electron chi connectivity index (χ4n) is 1.05. The monoisotopic (exact) mass is 172 g/mol. The number of rotatable bonds is 5. The van der Waals surface area contributed by atoms with E-state index in [1.54, 1.807) is 7.11 Å². The molecule has 0 aliphatic carbocycles. The van der Waals surface area contributed by atoms with Gasteiger partial charge in [-0.1, -0.05) is 20.8 Å². The second kappa shape index (κ2) is 5.31. The van der Waals surface area contributed by atoms with Crippen molar-refractivity contribution in [3.05, 3.63) is 0 Å². The van der Waals surface area contributed by atoms with Crippen molar-refractivity contribution in [2.45, 2.75) is 40.0 Å². The SMILES string of the molecule is COCC(=O)CCCC(C)(C)C. The summed E-state index contributed by atoms with van der Waals surface area (Å²) in [6.45, 7) is 6.83. The molecule has 0 aromatic rings. The van der Waals surface area contributed by atoms with Crippen molar-refractivity contribution >= 4 is 5.78 Å². The Morgan fingerprint density at radius 2 is 1.92 bits per heavy atom. The molecule has 0 spiro atoms. The number of Topliss-reactive ketones (excluding diaryl/α,β-unsaturated/α-hetero) is 1. The van der Waals surface area contributed by atoms with E-state index in [2.05, 4.69) is 20.8 Å². The molecular weight excluding hydrogens is 152 g/mol. The maximum absolute atomic E-state index is 11.0. The van der Waals surface area contributed by atoms with Gasteiger partial charge in [0.1, 0.15) is 6.61 Å². The van der Waals surface area contributed by atoms with E-state index < -0.39 is 0 Å². The molecular formula is C10H20O2. The van der Waals surface area contributed by atoms with Gasteiger partial charge in [0.05, 0.1) is 0 Å². The first kappa shape index (κ1) is 11.6. The third-order valence-corrected chi connectivity index (χ3v) is 1.69. The Hall–Kier alpha value is -0.370. The van der Waals surface area contributed by atoms with E-state index >= 15 is 0 Å². The van der Waals surface area contributed by atoms with E-state index in [1.165, 1.54) is 0 Å². The van der Waals surface area contributed by atoms with Crippen molar-refractivity contribution in [3.8, 4) is 0 Å². The topological polar surface area (TPSA) is 26.3 Å². The lowest BCUT2D eigenvalue weighted by Crippen LogP contribution is -2.09. The molecule has 72 valence electrons. The van der Waals surface area contributed by atoms with Crippen LogP contribution in [0, 0.1) is 5.41 Å². The fourth-order valence-corrected chi connectivity index (χ4v) is 1.05. The molecule has 0 aromatic carbocycles. The number of methoxy groups -OCH3 is 1. The summed E-state index contributed by atoms with van der Waals surface area (Å²) >= 11 is 0. The lowest BCUT2D eigenvalue weighted by molar-refractivity contribution is -0.122. The van der Waals surface area contributed by atoms with Crippen LogP contribution in [0.3, 0.4) is 0 Å². The molecule has 0 rings (SSSR count). The Balaban J connectivity index is 3.37. The lowest BCUT2D eigenvalue weighted by Gasteiger charge is -2.16. The van der Waals surface area contributed by atoms with E-state index in [0.29, 0.717) is 11.8 Å². The highest BCUT2D eigenvalue weighted by Gasteiger charge is 2.10. The molecule has 0 aromatic heterocycles. The van der Waals surface area contributed by atoms with Crippen molar-refractivity contribution in [2.24, 2.45) is 5.41 Å². The van der Waals surface area contributed by atoms with Gasteiger partial charge in [0, 0.05) is 13.5 Å². The van der Waals surface area contributed by atoms with Crippen molar-refractivity contribution < 1.29 is 9.53 Å². The molecule has 2 heteroatoms. The molecule has 0 radical (unpaired) electrons. The third-order valence-electron chi connectivity index (χ3n) is 1.69. The van der Waals surface area contributed by atoms with Crippen LogP contribution in [0.2, 0.25) is 0 Å². The summed E-state index contributed by atoms with van der Waals surface area (Å²) in [7, 11) is 1.56. The highest BCUT2D eigenvalue weighted by atomic mass is 16.5. The van der Waals surface area contributed by atoms with Gasteiger partial charge in [0.2, 0.25) is 0 Å². The summed E-state index contributed by atoms with van der Waals surface area (Å²) in [5.74, 6) is 0.210. The Morgan fingerprint density at radius 3 is 2.33 bits per heavy atom. The molecule has 0 atom stereocenters. The Morgan fingerprint density at radius 1 is 1.33 bits per heavy atom. The van der Waals surface area contributed by atoms with Gasteiger partial charge in [-0.25, -0.2) is 0 Å². The quantitative estimate of drug-likeness (QED) is 0.636. The van der Waals surface area contributed by atoms with Crippen LogP contribution in [0.4, 0.5) is 0 Å². The van der Waals surface area contributed by atoms with Crippen LogP contribution in [0.15, 0.2) is 0 Å². The lowest BCUT2D eigenvalue weighted by atomic mass is 9.89. The molecule has 0 saturated heterocycles. The Kier molecular flexibility index (Phi) is 5.14. The maximum Gasteiger partial charge on any atom is 0.158 e. The van der Waals surface area contributed by atoms with E-state index in [-0.39, 0.29) is 12.4 Å². The Bertz CT molecular complexity index is 133. The van der Waals surface area contributed by atoms with Gasteiger partial charge in [-0.2, -0.15) is 0 Å². The number of hydrogen-bond acceptors (Lipinski definition) is 2. The number of carbonyl (C=O) groups is 1. The van der Waals surface area contributed by atoms with Crippen LogP contribution in [0.25, 0.3) is 0 Å². The summed E-state index contributed by atoms with van der Waals surface area (Å²) in [6, 6.07) is 0. The largest absolute Gasteiger partial charge is 0.377 e. The standard InChI is InChI=1S/C10H20O2/c1-10(2,3)7-5-6-9(11)8-12-4/h5-8H2,1-4H3. The zero-order valence-electron chi connectivity index (χ0n) is 8.64. The van der Waals surface area contributed by atoms with Gasteiger partial charge in [-0.05, 0) is 18.3 Å². The molecule has 0 aliphatic rings. The van der Waals surface area contributed by atoms with Crippen LogP contribution in [-0.4, -0.2) is 19.5 Å². The van der Waals surface area contributed by atoms with Crippen molar-refractivity contribution in [2.75, 3.05) is 13.7 Å². The molecule has 0 bridgehead atoms. The number of ketones is 1. The first-order valence-corrected chi connectivity index (χ1v) is 4.46. The zero-order valence-corrected chi connectivity index (χ0v) is 8.64. The average Bonchev–Trinajstić information content (AvgIpc) is 1.84. The third kappa shape index (κ3) is 7.73. The molecule has 0 fully saturated rings. The smallest absolute Gasteiger partial charge is 0.158 e. The summed E-state index contributed by atoms with van der Waals surface area (Å²) in [5.41, 5.74) is 0.341. The summed E-state index contributed by atoms with van der Waals surface area (Å²) < 4.78 is 4.74. The van der Waals surface area contributed by atoms with Gasteiger partial charge in [-0.3, -0.25) is 4.79 Å². The number of ether oxygens (including phenoxy) is 1. The molecule has 2 nitrogen and oxygen atoms in total. The van der Waals surface area contributed by atoms with Gasteiger partial charge in [0.25, 0.3) is 0 Å². The molecule has 0 N–H and O–H groups in total. The van der Waals surface area contributed by atoms with Crippen LogP contribution in [0.1, 0.15) is 40.0 Å². The second-order valence-electron chi connectivity index (χ2n) is 4.39. The second-order valence-corrected chi connectivity index (χ2v) is 4.39. The molecule has 0 unspecified atom stereocenters. The van der Waals surface area contributed by atoms with Crippen LogP contribution in [-0.2, 0) is 9.53 Å². The number of carbonyl (C=O) groups excluding carboxylic acids is 1. The van der Waals surface area contributed by atoms with E-state index in [9.17, 15) is 4.79 Å². The van der Waals surface area contributed by atoms with Crippen molar-refractivity contribution in [1.29, 1.82) is 0 Å². The maximum atomic E-state index is 11.0. The minimum absolute atomic E-state index is 0.210. The van der Waals surface area contributed by atoms with Gasteiger partial charge in [-0.15, -0.1) is 0 Å². The molecule has 0 heterocycles. The fraction of sp³-hybridized carbons (Fsp3) is 0.900. The predicted octanol–water partition coefficient (Wildman–Crippen LogP) is 2.42. The molecule has 0 aliphatic heterocycles. The highest BCUT2D eigenvalue weighted by Crippen LogP contribution is 2.21. The van der Waals surface area contributed by atoms with Gasteiger partial charge < -0.3 is 4.74 Å². The van der Waals surface area contributed by atoms with Crippen LogP contribution in [0.5, 0.6) is 0 Å². The highest BCUT2D eigenvalue weighted by molar-refractivity contribution is 5.79. The first-order chi connectivity index (χ1) is 5.45. The van der Waals surface area contributed by atoms with Crippen molar-refractivity contribution in [1.82, 2.24) is 0 Å². The van der Waals surface area contributed by atoms with Crippen LogP contribution >= 0.6 is 0 Å². The Labute approximate surface area is 75.3 Å². The molecule has 0 amide bonds. The molecule has 12 heavy (non-hydrogen) atoms. The van der Waals surface area contributed by atoms with Gasteiger partial charge in [0.15, 0.2) is 5.78 Å². The summed E-state index contributed by atoms with van der Waals surface area (Å²) in [4.78, 5) is 11.0. The van der Waals surface area contributed by atoms with Crippen LogP contribution < -0.4 is 0 Å². The summed E-state index contributed by atoms with van der Waals surface area (Å²) in [6.07, 6.45) is 2.74. The van der Waals surface area contributed by atoms with E-state index in [1.807, 2.05) is 0 Å². The van der Waals surface area contributed by atoms with Crippen molar-refractivity contribution in [3.63, 3.8) is 0 Å². The van der Waals surface area contributed by atoms with E-state index in [0.717, 1.165) is 12.8 Å². The summed E-state index contributed by atoms with van der Waals surface area (Å²) in [5, 5.41) is 0. The number of hydrogen-bond donors (Lipinski definition) is 0. The van der Waals surface area contributed by atoms with E-state index in [4.69, 9.17) is 4.74 Å². The van der Waals surface area contributed by atoms with Gasteiger partial charge >= 0.3 is 0 Å². The predicted molar refractivity (Wildman–Crippen MR) is 50.2 cm³/mol.